The molecule has 0 bridgehead atoms. The summed E-state index contributed by atoms with van der Waals surface area (Å²) in [6, 6.07) is 7.49. The van der Waals surface area contributed by atoms with Gasteiger partial charge in [-0.05, 0) is 31.4 Å². The van der Waals surface area contributed by atoms with Crippen LogP contribution in [0, 0.1) is 0 Å². The summed E-state index contributed by atoms with van der Waals surface area (Å²) in [5.41, 5.74) is 2.10. The number of hydrogen-bond donors (Lipinski definition) is 2. The highest BCUT2D eigenvalue weighted by Crippen LogP contribution is 2.20. The molecule has 2 aromatic rings. The zero-order valence-electron chi connectivity index (χ0n) is 13.8. The maximum atomic E-state index is 12.5. The predicted molar refractivity (Wildman–Crippen MR) is 92.5 cm³/mol. The summed E-state index contributed by atoms with van der Waals surface area (Å²) in [7, 11) is 0. The van der Waals surface area contributed by atoms with Crippen molar-refractivity contribution in [3.05, 3.63) is 36.0 Å². The number of aldehydes is 1. The smallest absolute Gasteiger partial charge is 0.245 e. The minimum atomic E-state index is -0.486. The normalized spacial score (nSPS) is 14.6. The number of para-hydroxylation sites is 1. The van der Waals surface area contributed by atoms with Crippen LogP contribution < -0.4 is 5.32 Å². The number of H-pyrrole nitrogens is 1. The first-order valence-corrected chi connectivity index (χ1v) is 8.14. The molecule has 0 radical (unpaired) electrons. The van der Waals surface area contributed by atoms with Crippen molar-refractivity contribution in [2.24, 2.45) is 0 Å². The first-order chi connectivity index (χ1) is 11.7. The van der Waals surface area contributed by atoms with Gasteiger partial charge in [0, 0.05) is 36.6 Å². The quantitative estimate of drug-likeness (QED) is 0.818. The summed E-state index contributed by atoms with van der Waals surface area (Å²) in [5.74, 6) is 0.0184. The average molecular weight is 329 g/mol. The predicted octanol–water partition coefficient (Wildman–Crippen LogP) is 1.65. The summed E-state index contributed by atoms with van der Waals surface area (Å²) in [6.45, 7) is 3.04. The number of fused-ring (bicyclic) bond motifs is 1. The highest BCUT2D eigenvalue weighted by Gasteiger charge is 2.26. The van der Waals surface area contributed by atoms with Gasteiger partial charge in [0.1, 0.15) is 12.3 Å². The SMILES string of the molecule is CC=O.O=CNC(Cc1c[nH]c2ccccc12)C(=O)N1CCCC1. The molecule has 6 nitrogen and oxygen atoms in total. The van der Waals surface area contributed by atoms with Crippen LogP contribution in [-0.4, -0.2) is 47.6 Å². The van der Waals surface area contributed by atoms with Crippen LogP contribution >= 0.6 is 0 Å². The van der Waals surface area contributed by atoms with E-state index in [4.69, 9.17) is 4.79 Å². The molecule has 1 aromatic carbocycles. The highest BCUT2D eigenvalue weighted by molar-refractivity contribution is 5.87. The fourth-order valence-electron chi connectivity index (χ4n) is 2.98. The van der Waals surface area contributed by atoms with Gasteiger partial charge in [-0.15, -0.1) is 0 Å². The number of rotatable bonds is 5. The van der Waals surface area contributed by atoms with Crippen molar-refractivity contribution in [2.75, 3.05) is 13.1 Å². The van der Waals surface area contributed by atoms with Crippen molar-refractivity contribution < 1.29 is 14.4 Å². The highest BCUT2D eigenvalue weighted by atomic mass is 16.2. The second-order valence-corrected chi connectivity index (χ2v) is 5.67. The van der Waals surface area contributed by atoms with E-state index >= 15 is 0 Å². The minimum absolute atomic E-state index is 0.0184. The van der Waals surface area contributed by atoms with Gasteiger partial charge in [0.25, 0.3) is 0 Å². The van der Waals surface area contributed by atoms with Gasteiger partial charge >= 0.3 is 0 Å². The number of carbonyl (C=O) groups excluding carboxylic acids is 3. The number of nitrogens with zero attached hydrogens (tertiary/aromatic N) is 1. The molecule has 1 aliphatic rings. The Hall–Kier alpha value is -2.63. The van der Waals surface area contributed by atoms with Crippen molar-refractivity contribution in [3.63, 3.8) is 0 Å². The molecule has 0 saturated carbocycles. The van der Waals surface area contributed by atoms with E-state index < -0.39 is 6.04 Å². The molecule has 3 rings (SSSR count). The van der Waals surface area contributed by atoms with Gasteiger partial charge in [0.05, 0.1) is 0 Å². The molecule has 24 heavy (non-hydrogen) atoms. The van der Waals surface area contributed by atoms with Crippen LogP contribution in [0.2, 0.25) is 0 Å². The van der Waals surface area contributed by atoms with Crippen LogP contribution in [0.1, 0.15) is 25.3 Å². The number of nitrogens with one attached hydrogen (secondary N) is 2. The van der Waals surface area contributed by atoms with Crippen LogP contribution in [0.4, 0.5) is 0 Å². The summed E-state index contributed by atoms with van der Waals surface area (Å²) in [6.07, 6.45) is 5.90. The molecule has 0 aliphatic carbocycles. The molecular weight excluding hydrogens is 306 g/mol. The number of amides is 2. The molecule has 1 saturated heterocycles. The Kier molecular flexibility index (Phi) is 6.54. The molecule has 1 atom stereocenters. The molecule has 2 amide bonds. The van der Waals surface area contributed by atoms with E-state index in [0.29, 0.717) is 12.8 Å². The van der Waals surface area contributed by atoms with Crippen molar-refractivity contribution in [2.45, 2.75) is 32.2 Å². The Morgan fingerprint density at radius 1 is 1.29 bits per heavy atom. The molecule has 1 aliphatic heterocycles. The standard InChI is InChI=1S/C16H19N3O2.C2H4O/c20-11-18-15(16(21)19-7-3-4-8-19)9-12-10-17-14-6-2-1-5-13(12)14;1-2-3/h1-2,5-6,10-11,15,17H,3-4,7-9H2,(H,18,20);2H,1H3. The van der Waals surface area contributed by atoms with Crippen LogP contribution in [0.25, 0.3) is 10.9 Å². The maximum absolute atomic E-state index is 12.5. The van der Waals surface area contributed by atoms with Gasteiger partial charge in [0.15, 0.2) is 0 Å². The molecule has 1 fully saturated rings. The molecule has 128 valence electrons. The van der Waals surface area contributed by atoms with Crippen LogP contribution in [0.15, 0.2) is 30.5 Å². The fourth-order valence-corrected chi connectivity index (χ4v) is 2.98. The second kappa shape index (κ2) is 8.86. The number of hydrogen-bond acceptors (Lipinski definition) is 3. The lowest BCUT2D eigenvalue weighted by atomic mass is 10.0. The van der Waals surface area contributed by atoms with Gasteiger partial charge in [-0.2, -0.15) is 0 Å². The summed E-state index contributed by atoms with van der Waals surface area (Å²) >= 11 is 0. The van der Waals surface area contributed by atoms with Gasteiger partial charge in [-0.3, -0.25) is 9.59 Å². The number of likely N-dealkylation sites (tertiary alicyclic amines) is 1. The largest absolute Gasteiger partial charge is 0.361 e. The Balaban J connectivity index is 0.000000647. The zero-order chi connectivity index (χ0) is 17.4. The summed E-state index contributed by atoms with van der Waals surface area (Å²) in [4.78, 5) is 37.2. The molecule has 1 aromatic heterocycles. The first-order valence-electron chi connectivity index (χ1n) is 8.14. The third-order valence-electron chi connectivity index (χ3n) is 4.08. The molecular formula is C18H23N3O3. The molecule has 0 spiro atoms. The van der Waals surface area contributed by atoms with E-state index in [-0.39, 0.29) is 5.91 Å². The Bertz CT molecular complexity index is 690. The Labute approximate surface area is 141 Å². The van der Waals surface area contributed by atoms with Crippen LogP contribution in [0.5, 0.6) is 0 Å². The molecule has 2 heterocycles. The first kappa shape index (κ1) is 17.7. The lowest BCUT2D eigenvalue weighted by Gasteiger charge is -2.22. The van der Waals surface area contributed by atoms with Crippen LogP contribution in [0.3, 0.4) is 0 Å². The fraction of sp³-hybridized carbons (Fsp3) is 0.389. The van der Waals surface area contributed by atoms with E-state index in [9.17, 15) is 9.59 Å². The Morgan fingerprint density at radius 2 is 1.96 bits per heavy atom. The lowest BCUT2D eigenvalue weighted by Crippen LogP contribution is -2.46. The van der Waals surface area contributed by atoms with Crippen molar-refractivity contribution >= 4 is 29.5 Å². The van der Waals surface area contributed by atoms with Crippen molar-refractivity contribution in [1.29, 1.82) is 0 Å². The van der Waals surface area contributed by atoms with E-state index in [1.54, 1.807) is 0 Å². The van der Waals surface area contributed by atoms with Gasteiger partial charge in [-0.25, -0.2) is 0 Å². The monoisotopic (exact) mass is 329 g/mol. The van der Waals surface area contributed by atoms with Gasteiger partial charge < -0.3 is 20.0 Å². The number of aromatic nitrogens is 1. The minimum Gasteiger partial charge on any atom is -0.361 e. The molecule has 2 N–H and O–H groups in total. The topological polar surface area (TPSA) is 82.3 Å². The maximum Gasteiger partial charge on any atom is 0.245 e. The van der Waals surface area contributed by atoms with Crippen molar-refractivity contribution in [1.82, 2.24) is 15.2 Å². The van der Waals surface area contributed by atoms with E-state index in [0.717, 1.165) is 48.7 Å². The van der Waals surface area contributed by atoms with E-state index in [1.165, 1.54) is 6.92 Å². The third kappa shape index (κ3) is 4.22. The molecule has 6 heteroatoms. The van der Waals surface area contributed by atoms with Crippen LogP contribution in [-0.2, 0) is 20.8 Å². The lowest BCUT2D eigenvalue weighted by molar-refractivity contribution is -0.133. The second-order valence-electron chi connectivity index (χ2n) is 5.67. The average Bonchev–Trinajstić information content (AvgIpc) is 3.25. The molecule has 1 unspecified atom stereocenters. The van der Waals surface area contributed by atoms with E-state index in [1.807, 2.05) is 35.4 Å². The van der Waals surface area contributed by atoms with E-state index in [2.05, 4.69) is 10.3 Å². The number of carbonyl (C=O) groups is 3. The number of aromatic amines is 1. The summed E-state index contributed by atoms with van der Waals surface area (Å²) in [5, 5.41) is 3.78. The number of benzene rings is 1. The zero-order valence-corrected chi connectivity index (χ0v) is 13.8. The summed E-state index contributed by atoms with van der Waals surface area (Å²) < 4.78 is 0. The van der Waals surface area contributed by atoms with Gasteiger partial charge in [0.2, 0.25) is 12.3 Å². The third-order valence-corrected chi connectivity index (χ3v) is 4.08. The van der Waals surface area contributed by atoms with Gasteiger partial charge in [-0.1, -0.05) is 18.2 Å². The Morgan fingerprint density at radius 3 is 2.62 bits per heavy atom. The van der Waals surface area contributed by atoms with Crippen molar-refractivity contribution in [3.8, 4) is 0 Å².